The van der Waals surface area contributed by atoms with Crippen molar-refractivity contribution in [2.75, 3.05) is 25.2 Å². The van der Waals surface area contributed by atoms with E-state index in [-0.39, 0.29) is 0 Å². The lowest BCUT2D eigenvalue weighted by Crippen LogP contribution is -2.39. The lowest BCUT2D eigenvalue weighted by molar-refractivity contribution is 0.0581. The fraction of sp³-hybridized carbons (Fsp3) is 1.00. The Morgan fingerprint density at radius 1 is 1.19 bits per heavy atom. The molecule has 1 saturated carbocycles. The van der Waals surface area contributed by atoms with Crippen molar-refractivity contribution in [3.63, 3.8) is 0 Å². The number of hydrogen-bond donors (Lipinski definition) is 1. The van der Waals surface area contributed by atoms with E-state index in [0.717, 1.165) is 5.92 Å². The van der Waals surface area contributed by atoms with E-state index in [1.807, 2.05) is 7.11 Å². The van der Waals surface area contributed by atoms with Gasteiger partial charge < -0.3 is 10.1 Å². The molecule has 0 radical (unpaired) electrons. The molecule has 94 valence electrons. The van der Waals surface area contributed by atoms with Crippen molar-refractivity contribution in [2.45, 2.75) is 50.7 Å². The predicted octanol–water partition coefficient (Wildman–Crippen LogP) is 2.68. The van der Waals surface area contributed by atoms with E-state index in [9.17, 15) is 0 Å². The van der Waals surface area contributed by atoms with Gasteiger partial charge in [0.25, 0.3) is 0 Å². The van der Waals surface area contributed by atoms with Crippen LogP contribution in [0.2, 0.25) is 0 Å². The summed E-state index contributed by atoms with van der Waals surface area (Å²) in [6.07, 6.45) is 8.49. The molecule has 2 unspecified atom stereocenters. The highest BCUT2D eigenvalue weighted by atomic mass is 32.2. The summed E-state index contributed by atoms with van der Waals surface area (Å²) in [5.41, 5.74) is 0. The molecule has 0 aromatic carbocycles. The van der Waals surface area contributed by atoms with Gasteiger partial charge >= 0.3 is 0 Å². The van der Waals surface area contributed by atoms with Gasteiger partial charge in [-0.15, -0.1) is 0 Å². The zero-order valence-electron chi connectivity index (χ0n) is 10.4. The van der Waals surface area contributed by atoms with Gasteiger partial charge in [0.1, 0.15) is 0 Å². The number of hydrogen-bond acceptors (Lipinski definition) is 3. The summed E-state index contributed by atoms with van der Waals surface area (Å²) in [5.74, 6) is 3.68. The van der Waals surface area contributed by atoms with E-state index in [1.165, 1.54) is 56.6 Å². The standard InChI is InChI=1S/C13H25NOS/c1-15-13-4-2-3-12(9-13)14-10-11-5-7-16-8-6-11/h11-14H,2-10H2,1H3. The molecule has 3 heteroatoms. The molecule has 0 spiro atoms. The second-order valence-electron chi connectivity index (χ2n) is 5.19. The Bertz CT molecular complexity index is 194. The first-order valence-corrected chi connectivity index (χ1v) is 7.88. The number of methoxy groups -OCH3 is 1. The smallest absolute Gasteiger partial charge is 0.0586 e. The molecule has 0 bridgehead atoms. The van der Waals surface area contributed by atoms with Gasteiger partial charge in [-0.2, -0.15) is 11.8 Å². The molecule has 2 rings (SSSR count). The maximum absolute atomic E-state index is 5.47. The largest absolute Gasteiger partial charge is 0.381 e. The quantitative estimate of drug-likeness (QED) is 0.820. The van der Waals surface area contributed by atoms with E-state index in [4.69, 9.17) is 4.74 Å². The molecule has 2 aliphatic rings. The average molecular weight is 243 g/mol. The summed E-state index contributed by atoms with van der Waals surface area (Å²) >= 11 is 2.12. The molecule has 1 aliphatic heterocycles. The first kappa shape index (κ1) is 12.7. The van der Waals surface area contributed by atoms with Crippen LogP contribution < -0.4 is 5.32 Å². The third-order valence-electron chi connectivity index (χ3n) is 4.00. The van der Waals surface area contributed by atoms with Crippen LogP contribution in [0.3, 0.4) is 0 Å². The van der Waals surface area contributed by atoms with Gasteiger partial charge in [0.05, 0.1) is 6.10 Å². The SMILES string of the molecule is COC1CCCC(NCC2CCSCC2)C1. The maximum Gasteiger partial charge on any atom is 0.0586 e. The molecular weight excluding hydrogens is 218 g/mol. The molecular formula is C13H25NOS. The lowest BCUT2D eigenvalue weighted by Gasteiger charge is -2.31. The Labute approximate surface area is 104 Å². The van der Waals surface area contributed by atoms with Crippen molar-refractivity contribution in [2.24, 2.45) is 5.92 Å². The second kappa shape index (κ2) is 6.87. The van der Waals surface area contributed by atoms with E-state index in [0.29, 0.717) is 12.1 Å². The Balaban J connectivity index is 1.64. The van der Waals surface area contributed by atoms with Crippen LogP contribution in [-0.2, 0) is 4.74 Å². The molecule has 0 aromatic rings. The summed E-state index contributed by atoms with van der Waals surface area (Å²) in [7, 11) is 1.85. The van der Waals surface area contributed by atoms with Crippen molar-refractivity contribution in [1.82, 2.24) is 5.32 Å². The zero-order valence-corrected chi connectivity index (χ0v) is 11.2. The van der Waals surface area contributed by atoms with Crippen molar-refractivity contribution in [1.29, 1.82) is 0 Å². The minimum Gasteiger partial charge on any atom is -0.381 e. The van der Waals surface area contributed by atoms with Crippen LogP contribution in [0.4, 0.5) is 0 Å². The third kappa shape index (κ3) is 3.94. The maximum atomic E-state index is 5.47. The summed E-state index contributed by atoms with van der Waals surface area (Å²) in [4.78, 5) is 0. The summed E-state index contributed by atoms with van der Waals surface area (Å²) < 4.78 is 5.47. The molecule has 1 saturated heterocycles. The van der Waals surface area contributed by atoms with Crippen LogP contribution >= 0.6 is 11.8 Å². The monoisotopic (exact) mass is 243 g/mol. The van der Waals surface area contributed by atoms with Crippen LogP contribution in [0.25, 0.3) is 0 Å². The fourth-order valence-corrected chi connectivity index (χ4v) is 4.03. The van der Waals surface area contributed by atoms with Crippen LogP contribution in [0.1, 0.15) is 38.5 Å². The second-order valence-corrected chi connectivity index (χ2v) is 6.41. The summed E-state index contributed by atoms with van der Waals surface area (Å²) in [5, 5.41) is 3.77. The Morgan fingerprint density at radius 2 is 2.00 bits per heavy atom. The number of nitrogens with one attached hydrogen (secondary N) is 1. The highest BCUT2D eigenvalue weighted by Crippen LogP contribution is 2.24. The minimum atomic E-state index is 0.508. The molecule has 2 fully saturated rings. The molecule has 0 amide bonds. The third-order valence-corrected chi connectivity index (χ3v) is 5.04. The molecule has 1 N–H and O–H groups in total. The van der Waals surface area contributed by atoms with Crippen LogP contribution in [0.15, 0.2) is 0 Å². The number of rotatable bonds is 4. The van der Waals surface area contributed by atoms with Gasteiger partial charge in [-0.1, -0.05) is 0 Å². The van der Waals surface area contributed by atoms with E-state index < -0.39 is 0 Å². The van der Waals surface area contributed by atoms with Crippen LogP contribution in [0.5, 0.6) is 0 Å². The Morgan fingerprint density at radius 3 is 2.75 bits per heavy atom. The normalized spacial score (nSPS) is 32.8. The molecule has 16 heavy (non-hydrogen) atoms. The van der Waals surface area contributed by atoms with Gasteiger partial charge in [-0.05, 0) is 62.5 Å². The highest BCUT2D eigenvalue weighted by molar-refractivity contribution is 7.99. The van der Waals surface area contributed by atoms with Crippen molar-refractivity contribution in [3.05, 3.63) is 0 Å². The van der Waals surface area contributed by atoms with Crippen molar-refractivity contribution < 1.29 is 4.74 Å². The van der Waals surface area contributed by atoms with Gasteiger partial charge in [-0.3, -0.25) is 0 Å². The lowest BCUT2D eigenvalue weighted by atomic mass is 9.92. The first-order chi connectivity index (χ1) is 7.88. The molecule has 1 aliphatic carbocycles. The number of thioether (sulfide) groups is 1. The predicted molar refractivity (Wildman–Crippen MR) is 71.1 cm³/mol. The van der Waals surface area contributed by atoms with Crippen molar-refractivity contribution in [3.8, 4) is 0 Å². The molecule has 2 nitrogen and oxygen atoms in total. The average Bonchev–Trinajstić information content (AvgIpc) is 2.38. The van der Waals surface area contributed by atoms with Gasteiger partial charge in [0.15, 0.2) is 0 Å². The highest BCUT2D eigenvalue weighted by Gasteiger charge is 2.22. The van der Waals surface area contributed by atoms with Crippen LogP contribution in [0, 0.1) is 5.92 Å². The fourth-order valence-electron chi connectivity index (χ4n) is 2.83. The van der Waals surface area contributed by atoms with Gasteiger partial charge in [-0.25, -0.2) is 0 Å². The summed E-state index contributed by atoms with van der Waals surface area (Å²) in [6.45, 7) is 1.24. The van der Waals surface area contributed by atoms with Crippen molar-refractivity contribution >= 4 is 11.8 Å². The van der Waals surface area contributed by atoms with Crippen LogP contribution in [-0.4, -0.2) is 37.3 Å². The molecule has 1 heterocycles. The zero-order chi connectivity index (χ0) is 11.2. The van der Waals surface area contributed by atoms with Gasteiger partial charge in [0, 0.05) is 13.2 Å². The van der Waals surface area contributed by atoms with E-state index in [1.54, 1.807) is 0 Å². The van der Waals surface area contributed by atoms with E-state index >= 15 is 0 Å². The Kier molecular flexibility index (Phi) is 5.46. The topological polar surface area (TPSA) is 21.3 Å². The Hall–Kier alpha value is 0.270. The first-order valence-electron chi connectivity index (χ1n) is 6.72. The number of ether oxygens (including phenoxy) is 1. The minimum absolute atomic E-state index is 0.508. The molecule has 0 aromatic heterocycles. The van der Waals surface area contributed by atoms with Gasteiger partial charge in [0.2, 0.25) is 0 Å². The van der Waals surface area contributed by atoms with E-state index in [2.05, 4.69) is 17.1 Å². The molecule has 2 atom stereocenters. The summed E-state index contributed by atoms with van der Waals surface area (Å²) in [6, 6.07) is 0.716.